The number of nitrogens with one attached hydrogen (secondary N) is 1. The highest BCUT2D eigenvalue weighted by Gasteiger charge is 2.30. The second-order valence-electron chi connectivity index (χ2n) is 6.54. The molecule has 1 amide bonds. The van der Waals surface area contributed by atoms with Crippen molar-refractivity contribution in [1.29, 1.82) is 0 Å². The van der Waals surface area contributed by atoms with E-state index in [0.717, 1.165) is 11.1 Å². The van der Waals surface area contributed by atoms with Crippen molar-refractivity contribution in [3.63, 3.8) is 0 Å². The molecule has 1 N–H and O–H groups in total. The Hall–Kier alpha value is -2.43. The lowest BCUT2D eigenvalue weighted by Crippen LogP contribution is -2.22. The lowest BCUT2D eigenvalue weighted by atomic mass is 9.99. The molecular formula is C21H24F2N2O. The Labute approximate surface area is 153 Å². The van der Waals surface area contributed by atoms with Crippen LogP contribution in [0.4, 0.5) is 20.2 Å². The smallest absolute Gasteiger partial charge is 0.224 e. The number of amides is 1. The molecule has 0 atom stereocenters. The van der Waals surface area contributed by atoms with Crippen LogP contribution in [-0.4, -0.2) is 5.91 Å². The first-order valence-corrected chi connectivity index (χ1v) is 9.15. The summed E-state index contributed by atoms with van der Waals surface area (Å²) in [7, 11) is 0. The molecule has 0 aliphatic carbocycles. The van der Waals surface area contributed by atoms with Gasteiger partial charge in [0.05, 0.1) is 5.69 Å². The summed E-state index contributed by atoms with van der Waals surface area (Å²) in [4.78, 5) is 13.6. The third-order valence-corrected chi connectivity index (χ3v) is 5.00. The zero-order chi connectivity index (χ0) is 18.8. The Morgan fingerprint density at radius 2 is 1.50 bits per heavy atom. The van der Waals surface area contributed by atoms with Crippen molar-refractivity contribution < 1.29 is 13.6 Å². The molecule has 1 heterocycles. The Morgan fingerprint density at radius 3 is 1.92 bits per heavy atom. The molecular weight excluding hydrogens is 334 g/mol. The van der Waals surface area contributed by atoms with Gasteiger partial charge in [0.25, 0.3) is 0 Å². The molecule has 2 aromatic rings. The number of anilines is 2. The molecule has 0 fully saturated rings. The molecule has 3 nitrogen and oxygen atoms in total. The lowest BCUT2D eigenvalue weighted by molar-refractivity contribution is -0.115. The molecule has 2 aromatic carbocycles. The predicted molar refractivity (Wildman–Crippen MR) is 100 cm³/mol. The van der Waals surface area contributed by atoms with Crippen molar-refractivity contribution in [2.75, 3.05) is 10.2 Å². The number of hydrogen-bond acceptors (Lipinski definition) is 2. The van der Waals surface area contributed by atoms with Gasteiger partial charge in [-0.1, -0.05) is 45.0 Å². The van der Waals surface area contributed by atoms with E-state index in [-0.39, 0.29) is 18.0 Å². The third kappa shape index (κ3) is 3.06. The van der Waals surface area contributed by atoms with Gasteiger partial charge in [-0.3, -0.25) is 4.79 Å². The van der Waals surface area contributed by atoms with Crippen LogP contribution in [0.1, 0.15) is 49.4 Å². The quantitative estimate of drug-likeness (QED) is 0.819. The van der Waals surface area contributed by atoms with Gasteiger partial charge in [-0.05, 0) is 24.0 Å². The van der Waals surface area contributed by atoms with Crippen molar-refractivity contribution in [2.24, 2.45) is 0 Å². The molecule has 0 saturated heterocycles. The van der Waals surface area contributed by atoms with E-state index in [0.29, 0.717) is 42.7 Å². The normalized spacial score (nSPS) is 13.0. The second-order valence-corrected chi connectivity index (χ2v) is 6.54. The number of halogens is 2. The van der Waals surface area contributed by atoms with Crippen LogP contribution in [0.2, 0.25) is 0 Å². The molecule has 5 heteroatoms. The average molecular weight is 358 g/mol. The van der Waals surface area contributed by atoms with E-state index in [1.807, 2.05) is 38.1 Å². The molecule has 0 unspecified atom stereocenters. The number of carbonyl (C=O) groups excluding carboxylic acids is 1. The minimum atomic E-state index is -0.568. The van der Waals surface area contributed by atoms with Gasteiger partial charge in [-0.2, -0.15) is 0 Å². The number of benzene rings is 2. The molecule has 0 spiro atoms. The van der Waals surface area contributed by atoms with E-state index < -0.39 is 11.6 Å². The molecule has 1 aliphatic heterocycles. The first-order chi connectivity index (χ1) is 12.5. The molecule has 0 radical (unpaired) electrons. The van der Waals surface area contributed by atoms with Gasteiger partial charge in [0, 0.05) is 30.6 Å². The fourth-order valence-electron chi connectivity index (χ4n) is 3.60. The van der Waals surface area contributed by atoms with Crippen LogP contribution < -0.4 is 10.2 Å². The Bertz CT molecular complexity index is 792. The number of fused-ring (bicyclic) bond motifs is 1. The molecule has 0 bridgehead atoms. The van der Waals surface area contributed by atoms with E-state index in [4.69, 9.17) is 0 Å². The highest BCUT2D eigenvalue weighted by atomic mass is 19.1. The first kappa shape index (κ1) is 18.4. The first-order valence-electron chi connectivity index (χ1n) is 9.15. The summed E-state index contributed by atoms with van der Waals surface area (Å²) in [5, 5.41) is 2.71. The minimum Gasteiger partial charge on any atom is -0.358 e. The van der Waals surface area contributed by atoms with Crippen LogP contribution in [-0.2, 0) is 30.7 Å². The van der Waals surface area contributed by atoms with Gasteiger partial charge in [0.15, 0.2) is 11.6 Å². The maximum Gasteiger partial charge on any atom is 0.224 e. The van der Waals surface area contributed by atoms with Gasteiger partial charge in [-0.15, -0.1) is 0 Å². The SMILES string of the molecule is CCC(=O)Nc1c(CC)c(F)c(N2Cc3ccccc3C2)c(F)c1CC. The summed E-state index contributed by atoms with van der Waals surface area (Å²) in [6, 6.07) is 7.85. The van der Waals surface area contributed by atoms with Gasteiger partial charge >= 0.3 is 0 Å². The zero-order valence-corrected chi connectivity index (χ0v) is 15.5. The summed E-state index contributed by atoms with van der Waals surface area (Å²) in [6.45, 7) is 6.32. The molecule has 138 valence electrons. The van der Waals surface area contributed by atoms with Gasteiger partial charge in [0.1, 0.15) is 5.69 Å². The highest BCUT2D eigenvalue weighted by Crippen LogP contribution is 2.39. The van der Waals surface area contributed by atoms with Crippen LogP contribution in [0.5, 0.6) is 0 Å². The van der Waals surface area contributed by atoms with Crippen LogP contribution in [0.15, 0.2) is 24.3 Å². The number of rotatable bonds is 5. The highest BCUT2D eigenvalue weighted by molar-refractivity contribution is 5.93. The number of nitrogens with zero attached hydrogens (tertiary/aromatic N) is 1. The Balaban J connectivity index is 2.11. The lowest BCUT2D eigenvalue weighted by Gasteiger charge is -2.25. The fourth-order valence-corrected chi connectivity index (χ4v) is 3.60. The summed E-state index contributed by atoms with van der Waals surface area (Å²) in [6.07, 6.45) is 1.02. The largest absolute Gasteiger partial charge is 0.358 e. The van der Waals surface area contributed by atoms with Crippen LogP contribution in [0.25, 0.3) is 0 Å². The van der Waals surface area contributed by atoms with E-state index in [1.165, 1.54) is 0 Å². The molecule has 3 rings (SSSR count). The standard InChI is InChI=1S/C21H24F2N2O/c1-4-15-18(22)21(25-11-13-9-7-8-10-14(13)12-25)19(23)16(5-2)20(15)24-17(26)6-3/h7-10H,4-6,11-12H2,1-3H3,(H,24,26). The average Bonchev–Trinajstić information content (AvgIpc) is 3.05. The van der Waals surface area contributed by atoms with E-state index in [1.54, 1.807) is 11.8 Å². The maximum atomic E-state index is 15.3. The van der Waals surface area contributed by atoms with Crippen molar-refractivity contribution in [1.82, 2.24) is 0 Å². The minimum absolute atomic E-state index is 0.0180. The van der Waals surface area contributed by atoms with E-state index in [9.17, 15) is 4.79 Å². The van der Waals surface area contributed by atoms with E-state index >= 15 is 8.78 Å². The van der Waals surface area contributed by atoms with Crippen LogP contribution in [0, 0.1) is 11.6 Å². The monoisotopic (exact) mass is 358 g/mol. The summed E-state index contributed by atoms with van der Waals surface area (Å²) in [5.41, 5.74) is 3.24. The van der Waals surface area contributed by atoms with Gasteiger partial charge in [0.2, 0.25) is 5.91 Å². The zero-order valence-electron chi connectivity index (χ0n) is 15.5. The van der Waals surface area contributed by atoms with Crippen molar-refractivity contribution >= 4 is 17.3 Å². The number of carbonyl (C=O) groups is 1. The summed E-state index contributed by atoms with van der Waals surface area (Å²) < 4.78 is 30.6. The molecule has 0 aromatic heterocycles. The maximum absolute atomic E-state index is 15.3. The molecule has 1 aliphatic rings. The van der Waals surface area contributed by atoms with Crippen LogP contribution >= 0.6 is 0 Å². The van der Waals surface area contributed by atoms with Crippen molar-refractivity contribution in [3.05, 3.63) is 58.2 Å². The summed E-state index contributed by atoms with van der Waals surface area (Å²) in [5.74, 6) is -1.38. The Morgan fingerprint density at radius 1 is 1.00 bits per heavy atom. The topological polar surface area (TPSA) is 32.3 Å². The molecule has 26 heavy (non-hydrogen) atoms. The third-order valence-electron chi connectivity index (χ3n) is 5.00. The second kappa shape index (κ2) is 7.44. The predicted octanol–water partition coefficient (Wildman–Crippen LogP) is 4.96. The summed E-state index contributed by atoms with van der Waals surface area (Å²) >= 11 is 0. The van der Waals surface area contributed by atoms with E-state index in [2.05, 4.69) is 5.32 Å². The van der Waals surface area contributed by atoms with Gasteiger partial charge < -0.3 is 10.2 Å². The van der Waals surface area contributed by atoms with Crippen LogP contribution in [0.3, 0.4) is 0 Å². The molecule has 0 saturated carbocycles. The van der Waals surface area contributed by atoms with Crippen molar-refractivity contribution in [2.45, 2.75) is 53.1 Å². The fraction of sp³-hybridized carbons (Fsp3) is 0.381. The number of hydrogen-bond donors (Lipinski definition) is 1. The van der Waals surface area contributed by atoms with Gasteiger partial charge in [-0.25, -0.2) is 8.78 Å². The van der Waals surface area contributed by atoms with Crippen molar-refractivity contribution in [3.8, 4) is 0 Å². The Kier molecular flexibility index (Phi) is 5.25.